The minimum absolute atomic E-state index is 0.0182. The Kier molecular flexibility index (Phi) is 7.93. The first-order valence-electron chi connectivity index (χ1n) is 10.2. The normalized spacial score (nSPS) is 11.5. The first kappa shape index (κ1) is 25.5. The second kappa shape index (κ2) is 10.9. The highest BCUT2D eigenvalue weighted by molar-refractivity contribution is 6.33. The highest BCUT2D eigenvalue weighted by atomic mass is 35.5. The average molecular weight is 501 g/mol. The van der Waals surface area contributed by atoms with Gasteiger partial charge in [0.25, 0.3) is 5.91 Å². The molecule has 0 spiro atoms. The number of allylic oxidation sites excluding steroid dienone is 1. The van der Waals surface area contributed by atoms with Crippen LogP contribution in [0.4, 0.5) is 30.2 Å². The van der Waals surface area contributed by atoms with Crippen LogP contribution < -0.4 is 16.0 Å². The number of halogens is 4. The van der Waals surface area contributed by atoms with E-state index in [9.17, 15) is 22.8 Å². The molecule has 0 aliphatic carbocycles. The molecule has 0 saturated heterocycles. The smallest absolute Gasteiger partial charge is 0.354 e. The molecule has 3 aromatic rings. The van der Waals surface area contributed by atoms with Gasteiger partial charge in [-0.25, -0.2) is 0 Å². The molecule has 0 saturated carbocycles. The fourth-order valence-corrected chi connectivity index (χ4v) is 3.19. The molecule has 0 atom stereocenters. The quantitative estimate of drug-likeness (QED) is 0.276. The number of carbonyl (C=O) groups is 2. The Bertz CT molecular complexity index is 1290. The summed E-state index contributed by atoms with van der Waals surface area (Å²) in [6, 6.07) is 18.9. The zero-order valence-electron chi connectivity index (χ0n) is 18.3. The van der Waals surface area contributed by atoms with E-state index in [0.29, 0.717) is 28.7 Å². The summed E-state index contributed by atoms with van der Waals surface area (Å²) in [6.45, 7) is 1.37. The van der Waals surface area contributed by atoms with Crippen molar-refractivity contribution in [2.75, 3.05) is 16.0 Å². The second-order valence-corrected chi connectivity index (χ2v) is 7.77. The number of carbonyl (C=O) groups excluding carboxylic acids is 2. The molecule has 2 amide bonds. The predicted octanol–water partition coefficient (Wildman–Crippen LogP) is 6.59. The third kappa shape index (κ3) is 7.18. The van der Waals surface area contributed by atoms with Crippen molar-refractivity contribution < 1.29 is 22.8 Å². The summed E-state index contributed by atoms with van der Waals surface area (Å²) in [5.41, 5.74) is 0.312. The zero-order chi connectivity index (χ0) is 25.6. The maximum Gasteiger partial charge on any atom is 0.432 e. The van der Waals surface area contributed by atoms with Gasteiger partial charge in [-0.05, 0) is 54.1 Å². The molecular formula is C25H20ClF3N4O2. The summed E-state index contributed by atoms with van der Waals surface area (Å²) in [6.07, 6.45) is -4.18. The molecule has 0 aliphatic rings. The molecule has 3 rings (SSSR count). The SMILES string of the molecule is CC(=O)Nc1cccc(NC(=O)c2ccc(/C(=C/C(=N)C(F)(F)F)Nc3ccccc3Cl)cc2)c1. The largest absolute Gasteiger partial charge is 0.432 e. The summed E-state index contributed by atoms with van der Waals surface area (Å²) in [5, 5.41) is 15.8. The summed E-state index contributed by atoms with van der Waals surface area (Å²) < 4.78 is 39.1. The molecule has 10 heteroatoms. The molecule has 0 aliphatic heterocycles. The van der Waals surface area contributed by atoms with Crippen molar-refractivity contribution in [3.63, 3.8) is 0 Å². The number of rotatable bonds is 7. The Balaban J connectivity index is 1.84. The van der Waals surface area contributed by atoms with Gasteiger partial charge in [-0.15, -0.1) is 0 Å². The van der Waals surface area contributed by atoms with Gasteiger partial charge in [0, 0.05) is 29.6 Å². The second-order valence-electron chi connectivity index (χ2n) is 7.37. The number of alkyl halides is 3. The number of hydrogen-bond donors (Lipinski definition) is 4. The molecule has 180 valence electrons. The van der Waals surface area contributed by atoms with E-state index in [-0.39, 0.29) is 22.2 Å². The molecule has 0 radical (unpaired) electrons. The number of para-hydroxylation sites is 1. The first-order chi connectivity index (χ1) is 16.5. The van der Waals surface area contributed by atoms with Crippen LogP contribution in [0.1, 0.15) is 22.8 Å². The minimum atomic E-state index is -4.83. The predicted molar refractivity (Wildman–Crippen MR) is 132 cm³/mol. The molecular weight excluding hydrogens is 481 g/mol. The van der Waals surface area contributed by atoms with Crippen molar-refractivity contribution in [3.05, 3.63) is 95.0 Å². The van der Waals surface area contributed by atoms with E-state index in [1.54, 1.807) is 48.5 Å². The molecule has 0 bridgehead atoms. The zero-order valence-corrected chi connectivity index (χ0v) is 19.1. The Labute approximate surface area is 204 Å². The van der Waals surface area contributed by atoms with Gasteiger partial charge in [0.1, 0.15) is 5.71 Å². The van der Waals surface area contributed by atoms with Crippen LogP contribution in [0.2, 0.25) is 5.02 Å². The van der Waals surface area contributed by atoms with Crippen LogP contribution >= 0.6 is 11.6 Å². The van der Waals surface area contributed by atoms with Gasteiger partial charge < -0.3 is 16.0 Å². The van der Waals surface area contributed by atoms with Crippen LogP contribution in [0, 0.1) is 5.41 Å². The minimum Gasteiger partial charge on any atom is -0.354 e. The lowest BCUT2D eigenvalue weighted by molar-refractivity contribution is -0.114. The Morgan fingerprint density at radius 3 is 2.06 bits per heavy atom. The third-order valence-electron chi connectivity index (χ3n) is 4.64. The van der Waals surface area contributed by atoms with Crippen LogP contribution in [0.3, 0.4) is 0 Å². The Morgan fingerprint density at radius 2 is 1.46 bits per heavy atom. The Morgan fingerprint density at radius 1 is 0.857 bits per heavy atom. The Hall–Kier alpha value is -4.11. The van der Waals surface area contributed by atoms with Gasteiger partial charge in [0.2, 0.25) is 5.91 Å². The monoisotopic (exact) mass is 500 g/mol. The van der Waals surface area contributed by atoms with Crippen molar-refractivity contribution in [1.29, 1.82) is 5.41 Å². The van der Waals surface area contributed by atoms with E-state index < -0.39 is 17.8 Å². The molecule has 35 heavy (non-hydrogen) atoms. The lowest BCUT2D eigenvalue weighted by Crippen LogP contribution is -2.20. The highest BCUT2D eigenvalue weighted by Gasteiger charge is 2.33. The lowest BCUT2D eigenvalue weighted by Gasteiger charge is -2.15. The van der Waals surface area contributed by atoms with Crippen molar-refractivity contribution in [2.45, 2.75) is 13.1 Å². The van der Waals surface area contributed by atoms with Gasteiger partial charge in [0.15, 0.2) is 0 Å². The molecule has 0 aromatic heterocycles. The summed E-state index contributed by atoms with van der Waals surface area (Å²) in [5.74, 6) is -0.707. The molecule has 4 N–H and O–H groups in total. The fraction of sp³-hybridized carbons (Fsp3) is 0.0800. The maximum atomic E-state index is 13.0. The molecule has 3 aromatic carbocycles. The number of nitrogens with one attached hydrogen (secondary N) is 4. The summed E-state index contributed by atoms with van der Waals surface area (Å²) >= 11 is 6.12. The molecule has 0 unspecified atom stereocenters. The summed E-state index contributed by atoms with van der Waals surface area (Å²) in [4.78, 5) is 23.9. The van der Waals surface area contributed by atoms with Crippen LogP contribution in [0.5, 0.6) is 0 Å². The van der Waals surface area contributed by atoms with Crippen LogP contribution in [0.25, 0.3) is 5.70 Å². The van der Waals surface area contributed by atoms with Crippen LogP contribution in [0.15, 0.2) is 78.9 Å². The van der Waals surface area contributed by atoms with Crippen molar-refractivity contribution in [1.82, 2.24) is 0 Å². The van der Waals surface area contributed by atoms with Crippen molar-refractivity contribution in [2.24, 2.45) is 0 Å². The molecule has 0 heterocycles. The van der Waals surface area contributed by atoms with Crippen molar-refractivity contribution in [3.8, 4) is 0 Å². The number of benzene rings is 3. The standard InChI is InChI=1S/C25H20ClF3N4O2/c1-15(34)31-18-5-4-6-19(13-18)32-24(35)17-11-9-16(10-12-17)22(14-23(30)25(27,28)29)33-21-8-3-2-7-20(21)26/h2-14,30,33H,1H3,(H,31,34)(H,32,35)/b22-14-,30-23?. The van der Waals surface area contributed by atoms with E-state index in [1.165, 1.54) is 31.2 Å². The van der Waals surface area contributed by atoms with E-state index in [0.717, 1.165) is 0 Å². The van der Waals surface area contributed by atoms with E-state index in [4.69, 9.17) is 17.0 Å². The van der Waals surface area contributed by atoms with E-state index in [2.05, 4.69) is 16.0 Å². The van der Waals surface area contributed by atoms with Gasteiger partial charge in [-0.3, -0.25) is 15.0 Å². The number of hydrogen-bond acceptors (Lipinski definition) is 4. The number of amides is 2. The van der Waals surface area contributed by atoms with Crippen LogP contribution in [-0.4, -0.2) is 23.7 Å². The van der Waals surface area contributed by atoms with Gasteiger partial charge in [0.05, 0.1) is 10.7 Å². The lowest BCUT2D eigenvalue weighted by atomic mass is 10.1. The first-order valence-corrected chi connectivity index (χ1v) is 10.6. The summed E-state index contributed by atoms with van der Waals surface area (Å²) in [7, 11) is 0. The third-order valence-corrected chi connectivity index (χ3v) is 4.97. The maximum absolute atomic E-state index is 13.0. The van der Waals surface area contributed by atoms with E-state index in [1.807, 2.05) is 0 Å². The van der Waals surface area contributed by atoms with Gasteiger partial charge in [-0.2, -0.15) is 13.2 Å². The van der Waals surface area contributed by atoms with Crippen LogP contribution in [-0.2, 0) is 4.79 Å². The fourth-order valence-electron chi connectivity index (χ4n) is 3.01. The average Bonchev–Trinajstić information content (AvgIpc) is 2.79. The van der Waals surface area contributed by atoms with Crippen molar-refractivity contribution >= 4 is 51.9 Å². The van der Waals surface area contributed by atoms with Gasteiger partial charge >= 0.3 is 6.18 Å². The highest BCUT2D eigenvalue weighted by Crippen LogP contribution is 2.27. The topological polar surface area (TPSA) is 94.1 Å². The number of anilines is 3. The van der Waals surface area contributed by atoms with Gasteiger partial charge in [-0.1, -0.05) is 41.9 Å². The molecule has 6 nitrogen and oxygen atoms in total. The van der Waals surface area contributed by atoms with E-state index >= 15 is 0 Å². The molecule has 0 fully saturated rings.